The molecule has 0 amide bonds. The maximum Gasteiger partial charge on any atom is 0.172 e. The number of para-hydroxylation sites is 2. The van der Waals surface area contributed by atoms with Gasteiger partial charge >= 0.3 is 0 Å². The Labute approximate surface area is 128 Å². The number of hydrogen-bond donors (Lipinski definition) is 0. The van der Waals surface area contributed by atoms with Crippen LogP contribution in [0.25, 0.3) is 16.9 Å². The summed E-state index contributed by atoms with van der Waals surface area (Å²) in [6.07, 6.45) is 0.716. The number of aldehydes is 1. The first-order valence-corrected chi connectivity index (χ1v) is 6.86. The number of carbonyl (C=O) groups excluding carboxylic acids is 1. The lowest BCUT2D eigenvalue weighted by atomic mass is 10.1. The second-order valence-electron chi connectivity index (χ2n) is 4.89. The Bertz CT molecular complexity index is 807. The number of benzene rings is 2. The Hall–Kier alpha value is -2.95. The molecule has 22 heavy (non-hydrogen) atoms. The van der Waals surface area contributed by atoms with Crippen LogP contribution in [0.5, 0.6) is 5.75 Å². The third-order valence-electron chi connectivity index (χ3n) is 3.45. The summed E-state index contributed by atoms with van der Waals surface area (Å²) in [6.45, 7) is 2.01. The van der Waals surface area contributed by atoms with Crippen LogP contribution in [0, 0.1) is 6.92 Å². The van der Waals surface area contributed by atoms with Crippen LogP contribution in [-0.2, 0) is 0 Å². The first-order chi connectivity index (χ1) is 10.7. The molecular formula is C17H15N3O2. The maximum absolute atomic E-state index is 11.3. The second kappa shape index (κ2) is 5.81. The number of carbonyl (C=O) groups is 1. The summed E-state index contributed by atoms with van der Waals surface area (Å²) in [7, 11) is 1.60. The SMILES string of the molecule is COc1ccccc1-n1nnc(C=O)c1-c1ccc(C)cc1. The average molecular weight is 293 g/mol. The van der Waals surface area contributed by atoms with Crippen LogP contribution in [0.4, 0.5) is 0 Å². The van der Waals surface area contributed by atoms with E-state index in [4.69, 9.17) is 4.74 Å². The Morgan fingerprint density at radius 3 is 2.50 bits per heavy atom. The van der Waals surface area contributed by atoms with E-state index in [-0.39, 0.29) is 0 Å². The van der Waals surface area contributed by atoms with E-state index in [1.165, 1.54) is 0 Å². The number of ether oxygens (including phenoxy) is 1. The molecule has 0 aliphatic heterocycles. The largest absolute Gasteiger partial charge is 0.494 e. The van der Waals surface area contributed by atoms with Crippen molar-refractivity contribution in [2.75, 3.05) is 7.11 Å². The average Bonchev–Trinajstić information content (AvgIpc) is 2.99. The van der Waals surface area contributed by atoms with Crippen LogP contribution < -0.4 is 4.74 Å². The van der Waals surface area contributed by atoms with Gasteiger partial charge in [-0.3, -0.25) is 4.79 Å². The maximum atomic E-state index is 11.3. The molecule has 110 valence electrons. The van der Waals surface area contributed by atoms with Gasteiger partial charge in [-0.1, -0.05) is 47.2 Å². The van der Waals surface area contributed by atoms with E-state index in [0.717, 1.165) is 16.8 Å². The van der Waals surface area contributed by atoms with Crippen molar-refractivity contribution in [1.29, 1.82) is 0 Å². The summed E-state index contributed by atoms with van der Waals surface area (Å²) in [5, 5.41) is 8.09. The van der Waals surface area contributed by atoms with Crippen molar-refractivity contribution < 1.29 is 9.53 Å². The standard InChI is InChI=1S/C17H15N3O2/c1-12-7-9-13(10-8-12)17-14(11-21)18-19-20(17)15-5-3-4-6-16(15)22-2/h3-11H,1-2H3. The van der Waals surface area contributed by atoms with E-state index in [1.54, 1.807) is 11.8 Å². The van der Waals surface area contributed by atoms with Gasteiger partial charge in [-0.25, -0.2) is 4.68 Å². The second-order valence-corrected chi connectivity index (χ2v) is 4.89. The van der Waals surface area contributed by atoms with Crippen molar-refractivity contribution in [2.24, 2.45) is 0 Å². The van der Waals surface area contributed by atoms with Crippen molar-refractivity contribution in [1.82, 2.24) is 15.0 Å². The highest BCUT2D eigenvalue weighted by Crippen LogP contribution is 2.29. The molecule has 2 aromatic carbocycles. The molecule has 0 aliphatic carbocycles. The van der Waals surface area contributed by atoms with E-state index >= 15 is 0 Å². The van der Waals surface area contributed by atoms with Crippen molar-refractivity contribution in [3.63, 3.8) is 0 Å². The van der Waals surface area contributed by atoms with Crippen LogP contribution in [0.15, 0.2) is 48.5 Å². The minimum Gasteiger partial charge on any atom is -0.494 e. The van der Waals surface area contributed by atoms with Crippen molar-refractivity contribution in [2.45, 2.75) is 6.92 Å². The van der Waals surface area contributed by atoms with Gasteiger partial charge in [-0.2, -0.15) is 0 Å². The number of hydrogen-bond acceptors (Lipinski definition) is 4. The van der Waals surface area contributed by atoms with Crippen LogP contribution in [0.1, 0.15) is 16.1 Å². The van der Waals surface area contributed by atoms with E-state index in [0.29, 0.717) is 23.4 Å². The molecule has 0 saturated carbocycles. The lowest BCUT2D eigenvalue weighted by Crippen LogP contribution is -2.02. The van der Waals surface area contributed by atoms with Crippen LogP contribution in [0.2, 0.25) is 0 Å². The molecule has 1 aromatic heterocycles. The number of aryl methyl sites for hydroxylation is 1. The fourth-order valence-electron chi connectivity index (χ4n) is 2.33. The third-order valence-corrected chi connectivity index (χ3v) is 3.45. The van der Waals surface area contributed by atoms with Gasteiger partial charge in [0.1, 0.15) is 17.1 Å². The number of rotatable bonds is 4. The highest BCUT2D eigenvalue weighted by Gasteiger charge is 2.17. The zero-order valence-electron chi connectivity index (χ0n) is 12.4. The molecular weight excluding hydrogens is 278 g/mol. The lowest BCUT2D eigenvalue weighted by Gasteiger charge is -2.11. The number of methoxy groups -OCH3 is 1. The molecule has 0 fully saturated rings. The van der Waals surface area contributed by atoms with E-state index in [1.807, 2.05) is 55.5 Å². The van der Waals surface area contributed by atoms with Gasteiger partial charge < -0.3 is 4.74 Å². The van der Waals surface area contributed by atoms with Crippen molar-refractivity contribution in [3.8, 4) is 22.7 Å². The van der Waals surface area contributed by atoms with Crippen LogP contribution in [0.3, 0.4) is 0 Å². The normalized spacial score (nSPS) is 10.5. The molecule has 0 unspecified atom stereocenters. The summed E-state index contributed by atoms with van der Waals surface area (Å²) < 4.78 is 7.01. The van der Waals surface area contributed by atoms with E-state index < -0.39 is 0 Å². The number of nitrogens with zero attached hydrogens (tertiary/aromatic N) is 3. The molecule has 0 spiro atoms. The smallest absolute Gasteiger partial charge is 0.172 e. The van der Waals surface area contributed by atoms with Gasteiger partial charge in [-0.05, 0) is 19.1 Å². The van der Waals surface area contributed by atoms with E-state index in [2.05, 4.69) is 10.3 Å². The van der Waals surface area contributed by atoms with Crippen molar-refractivity contribution in [3.05, 3.63) is 59.8 Å². The topological polar surface area (TPSA) is 57.0 Å². The fraction of sp³-hybridized carbons (Fsp3) is 0.118. The lowest BCUT2D eigenvalue weighted by molar-refractivity contribution is 0.111. The van der Waals surface area contributed by atoms with Gasteiger partial charge in [-0.15, -0.1) is 5.10 Å². The summed E-state index contributed by atoms with van der Waals surface area (Å²) >= 11 is 0. The van der Waals surface area contributed by atoms with Crippen LogP contribution >= 0.6 is 0 Å². The van der Waals surface area contributed by atoms with Gasteiger partial charge in [0.25, 0.3) is 0 Å². The Balaban J connectivity index is 2.23. The predicted molar refractivity (Wildman–Crippen MR) is 83.5 cm³/mol. The van der Waals surface area contributed by atoms with Gasteiger partial charge in [0.05, 0.1) is 7.11 Å². The Morgan fingerprint density at radius 2 is 1.82 bits per heavy atom. The van der Waals surface area contributed by atoms with Gasteiger partial charge in [0.15, 0.2) is 12.0 Å². The molecule has 0 bridgehead atoms. The molecule has 1 heterocycles. The minimum atomic E-state index is 0.301. The quantitative estimate of drug-likeness (QED) is 0.694. The molecule has 0 atom stereocenters. The molecule has 3 rings (SSSR count). The molecule has 0 N–H and O–H groups in total. The first kappa shape index (κ1) is 14.0. The number of aromatic nitrogens is 3. The molecule has 5 heteroatoms. The summed E-state index contributed by atoms with van der Waals surface area (Å²) in [5.41, 5.74) is 3.71. The predicted octanol–water partition coefficient (Wildman–Crippen LogP) is 3.06. The highest BCUT2D eigenvalue weighted by molar-refractivity contribution is 5.84. The van der Waals surface area contributed by atoms with Gasteiger partial charge in [0, 0.05) is 5.56 Å². The third kappa shape index (κ3) is 2.37. The zero-order valence-corrected chi connectivity index (χ0v) is 12.4. The fourth-order valence-corrected chi connectivity index (χ4v) is 2.33. The summed E-state index contributed by atoms with van der Waals surface area (Å²) in [4.78, 5) is 11.3. The summed E-state index contributed by atoms with van der Waals surface area (Å²) in [6, 6.07) is 15.4. The Morgan fingerprint density at radius 1 is 1.09 bits per heavy atom. The summed E-state index contributed by atoms with van der Waals surface area (Å²) in [5.74, 6) is 0.665. The van der Waals surface area contributed by atoms with Gasteiger partial charge in [0.2, 0.25) is 0 Å². The van der Waals surface area contributed by atoms with E-state index in [9.17, 15) is 4.79 Å². The molecule has 5 nitrogen and oxygen atoms in total. The zero-order chi connectivity index (χ0) is 15.5. The molecule has 0 saturated heterocycles. The highest BCUT2D eigenvalue weighted by atomic mass is 16.5. The molecule has 3 aromatic rings. The monoisotopic (exact) mass is 293 g/mol. The minimum absolute atomic E-state index is 0.301. The Kier molecular flexibility index (Phi) is 3.70. The van der Waals surface area contributed by atoms with Crippen molar-refractivity contribution >= 4 is 6.29 Å². The molecule has 0 radical (unpaired) electrons. The first-order valence-electron chi connectivity index (χ1n) is 6.86. The van der Waals surface area contributed by atoms with Crippen LogP contribution in [-0.4, -0.2) is 28.4 Å². The molecule has 0 aliphatic rings.